The maximum Gasteiger partial charge on any atom is 0.222 e. The molecule has 5 heteroatoms. The molecular weight excluding hydrogens is 382 g/mol. The molecule has 3 aromatic rings. The van der Waals surface area contributed by atoms with Gasteiger partial charge in [-0.2, -0.15) is 5.10 Å². The molecule has 4 nitrogen and oxygen atoms in total. The molecule has 150 valence electrons. The maximum atomic E-state index is 12.8. The summed E-state index contributed by atoms with van der Waals surface area (Å²) < 4.78 is 1.88. The first-order valence-electron chi connectivity index (χ1n) is 10.2. The highest BCUT2D eigenvalue weighted by Crippen LogP contribution is 2.29. The molecule has 0 unspecified atom stereocenters. The van der Waals surface area contributed by atoms with E-state index < -0.39 is 0 Å². The van der Waals surface area contributed by atoms with Crippen molar-refractivity contribution < 1.29 is 4.79 Å². The van der Waals surface area contributed by atoms with Crippen molar-refractivity contribution in [1.82, 2.24) is 14.7 Å². The number of hydrogen-bond donors (Lipinski definition) is 0. The second kappa shape index (κ2) is 8.83. The molecule has 1 amide bonds. The Morgan fingerprint density at radius 3 is 2.48 bits per heavy atom. The average Bonchev–Trinajstić information content (AvgIpc) is 3.39. The molecule has 0 atom stereocenters. The highest BCUT2D eigenvalue weighted by Gasteiger charge is 2.22. The summed E-state index contributed by atoms with van der Waals surface area (Å²) in [6, 6.07) is 17.7. The Hall–Kier alpha value is -2.59. The van der Waals surface area contributed by atoms with Gasteiger partial charge in [0.1, 0.15) is 0 Å². The van der Waals surface area contributed by atoms with Crippen molar-refractivity contribution in [3.63, 3.8) is 0 Å². The van der Waals surface area contributed by atoms with Crippen LogP contribution in [0.25, 0.3) is 16.9 Å². The Balaban J connectivity index is 1.60. The fourth-order valence-electron chi connectivity index (χ4n) is 4.05. The summed E-state index contributed by atoms with van der Waals surface area (Å²) in [5.74, 6) is 0.763. The zero-order valence-electron chi connectivity index (χ0n) is 16.7. The van der Waals surface area contributed by atoms with Crippen molar-refractivity contribution in [2.24, 2.45) is 5.92 Å². The van der Waals surface area contributed by atoms with Gasteiger partial charge in [0.15, 0.2) is 0 Å². The average molecular weight is 408 g/mol. The molecule has 0 N–H and O–H groups in total. The quantitative estimate of drug-likeness (QED) is 0.523. The van der Waals surface area contributed by atoms with Crippen LogP contribution in [0, 0.1) is 5.92 Å². The van der Waals surface area contributed by atoms with Crippen molar-refractivity contribution in [3.05, 3.63) is 71.4 Å². The summed E-state index contributed by atoms with van der Waals surface area (Å²) in [6.07, 6.45) is 7.56. The molecule has 1 aliphatic carbocycles. The van der Waals surface area contributed by atoms with Gasteiger partial charge in [-0.3, -0.25) is 4.79 Å². The molecule has 2 aromatic carbocycles. The predicted molar refractivity (Wildman–Crippen MR) is 117 cm³/mol. The first-order chi connectivity index (χ1) is 14.1. The van der Waals surface area contributed by atoms with Crippen molar-refractivity contribution in [2.75, 3.05) is 7.05 Å². The lowest BCUT2D eigenvalue weighted by molar-refractivity contribution is -0.131. The molecule has 0 aliphatic heterocycles. The second-order valence-corrected chi connectivity index (χ2v) is 8.33. The van der Waals surface area contributed by atoms with Crippen LogP contribution in [-0.4, -0.2) is 27.6 Å². The Bertz CT molecular complexity index is 960. The monoisotopic (exact) mass is 407 g/mol. The minimum absolute atomic E-state index is 0.214. The third-order valence-corrected chi connectivity index (χ3v) is 5.95. The number of carbonyl (C=O) groups excluding carboxylic acids is 1. The summed E-state index contributed by atoms with van der Waals surface area (Å²) in [6.45, 7) is 0.538. The minimum atomic E-state index is 0.214. The van der Waals surface area contributed by atoms with E-state index in [0.29, 0.717) is 23.9 Å². The van der Waals surface area contributed by atoms with Gasteiger partial charge in [0.25, 0.3) is 0 Å². The Morgan fingerprint density at radius 2 is 1.79 bits per heavy atom. The van der Waals surface area contributed by atoms with Crippen LogP contribution < -0.4 is 0 Å². The van der Waals surface area contributed by atoms with Crippen molar-refractivity contribution in [1.29, 1.82) is 0 Å². The fourth-order valence-corrected chi connectivity index (χ4v) is 4.18. The lowest BCUT2D eigenvalue weighted by atomic mass is 10.0. The van der Waals surface area contributed by atoms with Crippen LogP contribution in [0.3, 0.4) is 0 Å². The van der Waals surface area contributed by atoms with Crippen molar-refractivity contribution in [3.8, 4) is 16.9 Å². The van der Waals surface area contributed by atoms with E-state index in [1.54, 1.807) is 0 Å². The second-order valence-electron chi connectivity index (χ2n) is 7.89. The van der Waals surface area contributed by atoms with E-state index in [2.05, 4.69) is 0 Å². The van der Waals surface area contributed by atoms with Crippen molar-refractivity contribution in [2.45, 2.75) is 38.6 Å². The number of aromatic nitrogens is 2. The van der Waals surface area contributed by atoms with Crippen LogP contribution in [0.15, 0.2) is 60.8 Å². The SMILES string of the molecule is CN(Cc1cn(-c2ccccc2)nc1-c1ccc(Cl)cc1)C(=O)CC1CCCC1. The number of nitrogens with zero attached hydrogens (tertiary/aromatic N) is 3. The van der Waals surface area contributed by atoms with Crippen molar-refractivity contribution >= 4 is 17.5 Å². The van der Waals surface area contributed by atoms with Gasteiger partial charge in [-0.15, -0.1) is 0 Å². The molecule has 0 saturated heterocycles. The zero-order chi connectivity index (χ0) is 20.2. The normalized spacial score (nSPS) is 14.3. The number of para-hydroxylation sites is 1. The molecule has 1 aliphatic rings. The molecule has 1 fully saturated rings. The number of halogens is 1. The van der Waals surface area contributed by atoms with Gasteiger partial charge >= 0.3 is 0 Å². The van der Waals surface area contributed by atoms with Crippen LogP contribution in [-0.2, 0) is 11.3 Å². The van der Waals surface area contributed by atoms with Gasteiger partial charge in [0.05, 0.1) is 11.4 Å². The summed E-state index contributed by atoms with van der Waals surface area (Å²) in [5, 5.41) is 5.53. The van der Waals surface area contributed by atoms with Gasteiger partial charge in [0.2, 0.25) is 5.91 Å². The van der Waals surface area contributed by atoms with Crippen LogP contribution >= 0.6 is 11.6 Å². The molecule has 29 heavy (non-hydrogen) atoms. The zero-order valence-corrected chi connectivity index (χ0v) is 17.5. The Labute approximate surface area is 177 Å². The van der Waals surface area contributed by atoms with Gasteiger partial charge in [-0.1, -0.05) is 54.8 Å². The third-order valence-electron chi connectivity index (χ3n) is 5.70. The first-order valence-corrected chi connectivity index (χ1v) is 10.6. The molecule has 1 saturated carbocycles. The molecule has 0 bridgehead atoms. The van der Waals surface area contributed by atoms with Gasteiger partial charge in [0, 0.05) is 42.4 Å². The van der Waals surface area contributed by atoms with Crippen LogP contribution in [0.1, 0.15) is 37.7 Å². The van der Waals surface area contributed by atoms with Crippen LogP contribution in [0.5, 0.6) is 0 Å². The van der Waals surface area contributed by atoms with E-state index in [1.807, 2.05) is 77.4 Å². The number of amides is 1. The van der Waals surface area contributed by atoms with E-state index in [0.717, 1.165) is 22.5 Å². The topological polar surface area (TPSA) is 38.1 Å². The molecule has 0 radical (unpaired) electrons. The van der Waals surface area contributed by atoms with Crippen LogP contribution in [0.4, 0.5) is 0 Å². The van der Waals surface area contributed by atoms with Crippen LogP contribution in [0.2, 0.25) is 5.02 Å². The fraction of sp³-hybridized carbons (Fsp3) is 0.333. The van der Waals surface area contributed by atoms with Gasteiger partial charge in [-0.25, -0.2) is 4.68 Å². The lowest BCUT2D eigenvalue weighted by Gasteiger charge is -2.19. The highest BCUT2D eigenvalue weighted by atomic mass is 35.5. The van der Waals surface area contributed by atoms with Gasteiger partial charge in [-0.05, 0) is 43.0 Å². The highest BCUT2D eigenvalue weighted by molar-refractivity contribution is 6.30. The Kier molecular flexibility index (Phi) is 6.00. The number of benzene rings is 2. The number of rotatable bonds is 6. The van der Waals surface area contributed by atoms with E-state index in [4.69, 9.17) is 16.7 Å². The minimum Gasteiger partial charge on any atom is -0.341 e. The smallest absolute Gasteiger partial charge is 0.222 e. The Morgan fingerprint density at radius 1 is 1.10 bits per heavy atom. The molecular formula is C24H26ClN3O. The third kappa shape index (κ3) is 4.70. The summed E-state index contributed by atoms with van der Waals surface area (Å²) in [7, 11) is 1.89. The number of carbonyl (C=O) groups is 1. The maximum absolute atomic E-state index is 12.8. The van der Waals surface area contributed by atoms with Gasteiger partial charge < -0.3 is 4.90 Å². The largest absolute Gasteiger partial charge is 0.341 e. The summed E-state index contributed by atoms with van der Waals surface area (Å²) >= 11 is 6.07. The lowest BCUT2D eigenvalue weighted by Crippen LogP contribution is -2.27. The predicted octanol–water partition coefficient (Wildman–Crippen LogP) is 5.73. The summed E-state index contributed by atoms with van der Waals surface area (Å²) in [4.78, 5) is 14.6. The summed E-state index contributed by atoms with van der Waals surface area (Å²) in [5.41, 5.74) is 3.90. The standard InChI is InChI=1S/C24H26ClN3O/c1-27(23(29)15-18-7-5-6-8-18)16-20-17-28(22-9-3-2-4-10-22)26-24(20)19-11-13-21(25)14-12-19/h2-4,9-14,17-18H,5-8,15-16H2,1H3. The molecule has 1 aromatic heterocycles. The van der Waals surface area contributed by atoms with E-state index in [9.17, 15) is 4.79 Å². The van der Waals surface area contributed by atoms with E-state index in [1.165, 1.54) is 25.7 Å². The molecule has 4 rings (SSSR count). The molecule has 1 heterocycles. The molecule has 0 spiro atoms. The first kappa shape index (κ1) is 19.7. The van der Waals surface area contributed by atoms with E-state index in [-0.39, 0.29) is 5.91 Å². The van der Waals surface area contributed by atoms with E-state index >= 15 is 0 Å². The number of hydrogen-bond acceptors (Lipinski definition) is 2.